The molecule has 0 atom stereocenters. The van der Waals surface area contributed by atoms with Crippen molar-refractivity contribution < 1.29 is 12.8 Å². The van der Waals surface area contributed by atoms with Crippen LogP contribution in [0.15, 0.2) is 41.4 Å². The SMILES string of the molecule is Cc1ccc2c(ncc3nnn(Cc4ccc(S(N)(=O)=O)c(F)c4)c32)n1. The van der Waals surface area contributed by atoms with Gasteiger partial charge in [-0.05, 0) is 36.8 Å². The fraction of sp³-hybridized carbons (Fsp3) is 0.125. The number of aromatic nitrogens is 5. The predicted octanol–water partition coefficient (Wildman–Crippen LogP) is 1.52. The Hall–Kier alpha value is -2.98. The van der Waals surface area contributed by atoms with E-state index in [1.807, 2.05) is 19.1 Å². The Balaban J connectivity index is 1.82. The fourth-order valence-electron chi connectivity index (χ4n) is 2.80. The highest BCUT2D eigenvalue weighted by molar-refractivity contribution is 7.89. The molecule has 1 aromatic carbocycles. The standard InChI is InChI=1S/C16H13FN6O2S/c1-9-2-4-11-15-13(7-19-16(11)20-9)21-22-23(15)8-10-3-5-14(12(17)6-10)26(18,24)25/h2-7H,8H2,1H3,(H2,18,24,25). The number of halogens is 1. The number of sulfonamides is 1. The summed E-state index contributed by atoms with van der Waals surface area (Å²) in [6.45, 7) is 2.07. The van der Waals surface area contributed by atoms with Crippen LogP contribution >= 0.6 is 0 Å². The van der Waals surface area contributed by atoms with Crippen LogP contribution in [0.4, 0.5) is 4.39 Å². The van der Waals surface area contributed by atoms with Crippen molar-refractivity contribution >= 4 is 32.1 Å². The van der Waals surface area contributed by atoms with Crippen molar-refractivity contribution in [1.29, 1.82) is 0 Å². The molecule has 0 bridgehead atoms. The molecule has 2 N–H and O–H groups in total. The molecule has 0 unspecified atom stereocenters. The lowest BCUT2D eigenvalue weighted by atomic mass is 10.2. The maximum Gasteiger partial charge on any atom is 0.240 e. The van der Waals surface area contributed by atoms with E-state index in [9.17, 15) is 12.8 Å². The molecular weight excluding hydrogens is 359 g/mol. The molecule has 0 amide bonds. The zero-order valence-corrected chi connectivity index (χ0v) is 14.4. The molecule has 8 nitrogen and oxygen atoms in total. The smallest absolute Gasteiger partial charge is 0.239 e. The van der Waals surface area contributed by atoms with E-state index in [2.05, 4.69) is 20.3 Å². The molecule has 4 aromatic rings. The quantitative estimate of drug-likeness (QED) is 0.583. The van der Waals surface area contributed by atoms with Gasteiger partial charge in [0.1, 0.15) is 21.7 Å². The number of nitrogens with two attached hydrogens (primary N) is 1. The van der Waals surface area contributed by atoms with Gasteiger partial charge < -0.3 is 0 Å². The first kappa shape index (κ1) is 16.5. The summed E-state index contributed by atoms with van der Waals surface area (Å²) in [7, 11) is -4.11. The molecule has 3 heterocycles. The number of hydrogen-bond donors (Lipinski definition) is 1. The molecule has 0 spiro atoms. The Morgan fingerprint density at radius 2 is 2.04 bits per heavy atom. The van der Waals surface area contributed by atoms with Crippen molar-refractivity contribution in [2.75, 3.05) is 0 Å². The van der Waals surface area contributed by atoms with Gasteiger partial charge in [0.05, 0.1) is 12.7 Å². The molecule has 10 heteroatoms. The second-order valence-electron chi connectivity index (χ2n) is 5.87. The van der Waals surface area contributed by atoms with Gasteiger partial charge in [-0.1, -0.05) is 11.3 Å². The maximum atomic E-state index is 14.1. The van der Waals surface area contributed by atoms with Crippen LogP contribution in [-0.4, -0.2) is 33.4 Å². The zero-order chi connectivity index (χ0) is 18.5. The largest absolute Gasteiger partial charge is 0.240 e. The number of hydrogen-bond acceptors (Lipinski definition) is 6. The van der Waals surface area contributed by atoms with Gasteiger partial charge in [0, 0.05) is 11.1 Å². The van der Waals surface area contributed by atoms with E-state index in [1.165, 1.54) is 6.07 Å². The van der Waals surface area contributed by atoms with Gasteiger partial charge in [-0.25, -0.2) is 32.6 Å². The van der Waals surface area contributed by atoms with Crippen LogP contribution in [0.1, 0.15) is 11.3 Å². The first-order valence-electron chi connectivity index (χ1n) is 7.60. The molecule has 0 aliphatic heterocycles. The minimum Gasteiger partial charge on any atom is -0.239 e. The van der Waals surface area contributed by atoms with E-state index in [4.69, 9.17) is 5.14 Å². The molecule has 4 rings (SSSR count). The number of fused-ring (bicyclic) bond motifs is 3. The summed E-state index contributed by atoms with van der Waals surface area (Å²) >= 11 is 0. The monoisotopic (exact) mass is 372 g/mol. The third-order valence-corrected chi connectivity index (χ3v) is 4.92. The van der Waals surface area contributed by atoms with E-state index in [0.29, 0.717) is 16.7 Å². The Morgan fingerprint density at radius 3 is 2.77 bits per heavy atom. The van der Waals surface area contributed by atoms with Gasteiger partial charge in [0.25, 0.3) is 0 Å². The summed E-state index contributed by atoms with van der Waals surface area (Å²) in [6.07, 6.45) is 1.58. The number of rotatable bonds is 3. The number of pyridine rings is 2. The Bertz CT molecular complexity index is 1270. The van der Waals surface area contributed by atoms with Gasteiger partial charge in [-0.3, -0.25) is 0 Å². The van der Waals surface area contributed by atoms with Crippen molar-refractivity contribution in [3.8, 4) is 0 Å². The van der Waals surface area contributed by atoms with Gasteiger partial charge in [-0.2, -0.15) is 0 Å². The van der Waals surface area contributed by atoms with Crippen LogP contribution in [0.25, 0.3) is 22.1 Å². The molecular formula is C16H13FN6O2S. The van der Waals surface area contributed by atoms with Crippen LogP contribution in [0.5, 0.6) is 0 Å². The van der Waals surface area contributed by atoms with Crippen LogP contribution in [0.3, 0.4) is 0 Å². The fourth-order valence-corrected chi connectivity index (χ4v) is 3.38. The summed E-state index contributed by atoms with van der Waals surface area (Å²) in [6, 6.07) is 7.50. The van der Waals surface area contributed by atoms with Gasteiger partial charge in [0.2, 0.25) is 10.0 Å². The summed E-state index contributed by atoms with van der Waals surface area (Å²) in [5.41, 5.74) is 3.23. The van der Waals surface area contributed by atoms with Crippen molar-refractivity contribution in [1.82, 2.24) is 25.0 Å². The lowest BCUT2D eigenvalue weighted by molar-refractivity contribution is 0.565. The Kier molecular flexibility index (Phi) is 3.67. The number of aryl methyl sites for hydroxylation is 1. The van der Waals surface area contributed by atoms with Gasteiger partial charge in [-0.15, -0.1) is 5.10 Å². The van der Waals surface area contributed by atoms with E-state index in [-0.39, 0.29) is 6.54 Å². The van der Waals surface area contributed by atoms with Crippen molar-refractivity contribution in [3.05, 3.63) is 53.6 Å². The molecule has 0 saturated heterocycles. The highest BCUT2D eigenvalue weighted by atomic mass is 32.2. The number of primary sulfonamides is 1. The topological polar surface area (TPSA) is 117 Å². The molecule has 132 valence electrons. The minimum absolute atomic E-state index is 0.200. The second kappa shape index (κ2) is 5.78. The van der Waals surface area contributed by atoms with Crippen LogP contribution in [0.2, 0.25) is 0 Å². The predicted molar refractivity (Wildman–Crippen MR) is 92.2 cm³/mol. The highest BCUT2D eigenvalue weighted by Gasteiger charge is 2.16. The molecule has 0 aliphatic rings. The molecule has 0 saturated carbocycles. The summed E-state index contributed by atoms with van der Waals surface area (Å²) in [4.78, 5) is 8.12. The first-order valence-corrected chi connectivity index (χ1v) is 9.14. The lowest BCUT2D eigenvalue weighted by Gasteiger charge is -2.07. The van der Waals surface area contributed by atoms with E-state index in [1.54, 1.807) is 10.9 Å². The summed E-state index contributed by atoms with van der Waals surface area (Å²) in [5, 5.41) is 13.9. The van der Waals surface area contributed by atoms with Crippen LogP contribution in [-0.2, 0) is 16.6 Å². The third-order valence-electron chi connectivity index (χ3n) is 3.97. The van der Waals surface area contributed by atoms with E-state index >= 15 is 0 Å². The number of nitrogens with zero attached hydrogens (tertiary/aromatic N) is 5. The number of benzene rings is 1. The molecule has 0 aliphatic carbocycles. The van der Waals surface area contributed by atoms with E-state index in [0.717, 1.165) is 28.7 Å². The lowest BCUT2D eigenvalue weighted by Crippen LogP contribution is -2.14. The van der Waals surface area contributed by atoms with Gasteiger partial charge in [0.15, 0.2) is 5.65 Å². The minimum atomic E-state index is -4.11. The van der Waals surface area contributed by atoms with Crippen molar-refractivity contribution in [2.45, 2.75) is 18.4 Å². The molecule has 0 radical (unpaired) electrons. The average molecular weight is 372 g/mol. The summed E-state index contributed by atoms with van der Waals surface area (Å²) in [5.74, 6) is -0.904. The van der Waals surface area contributed by atoms with Gasteiger partial charge >= 0.3 is 0 Å². The zero-order valence-electron chi connectivity index (χ0n) is 13.6. The molecule has 3 aromatic heterocycles. The highest BCUT2D eigenvalue weighted by Crippen LogP contribution is 2.22. The Labute approximate surface area is 147 Å². The third kappa shape index (κ3) is 2.78. The van der Waals surface area contributed by atoms with Crippen molar-refractivity contribution in [2.24, 2.45) is 5.14 Å². The van der Waals surface area contributed by atoms with E-state index < -0.39 is 20.7 Å². The first-order chi connectivity index (χ1) is 12.3. The van der Waals surface area contributed by atoms with Crippen LogP contribution < -0.4 is 5.14 Å². The summed E-state index contributed by atoms with van der Waals surface area (Å²) < 4.78 is 38.3. The molecule has 26 heavy (non-hydrogen) atoms. The normalized spacial score (nSPS) is 12.1. The second-order valence-corrected chi connectivity index (χ2v) is 7.40. The maximum absolute atomic E-state index is 14.1. The van der Waals surface area contributed by atoms with Crippen LogP contribution in [0, 0.1) is 12.7 Å². The van der Waals surface area contributed by atoms with Crippen molar-refractivity contribution in [3.63, 3.8) is 0 Å². The Morgan fingerprint density at radius 1 is 1.23 bits per heavy atom. The average Bonchev–Trinajstić information content (AvgIpc) is 2.96. The molecule has 0 fully saturated rings.